The van der Waals surface area contributed by atoms with Crippen LogP contribution < -0.4 is 5.32 Å². The molecule has 2 N–H and O–H groups in total. The standard InChI is InChI=1S/C27H27N5O2S/c1-14-8-6-7-9-21(14)28-20-12-10-19(11-13-20)24-22-15(2)17(4)35-26(22)32-18(5)30-31-25(32)23(29-24)16(3)27(33)34/h6-13,16,23,28H,1-5H3,(H,33,34)/t16?,23-/m0/s1. The number of benzene rings is 2. The summed E-state index contributed by atoms with van der Waals surface area (Å²) < 4.78 is 1.98. The van der Waals surface area contributed by atoms with Crippen LogP contribution in [0.25, 0.3) is 5.00 Å². The Bertz CT molecular complexity index is 1470. The summed E-state index contributed by atoms with van der Waals surface area (Å²) in [5, 5.41) is 23.0. The van der Waals surface area contributed by atoms with Crippen molar-refractivity contribution in [1.29, 1.82) is 0 Å². The van der Waals surface area contributed by atoms with Gasteiger partial charge in [-0.3, -0.25) is 14.4 Å². The number of hydrogen-bond acceptors (Lipinski definition) is 6. The lowest BCUT2D eigenvalue weighted by Gasteiger charge is -2.16. The molecular weight excluding hydrogens is 458 g/mol. The van der Waals surface area contributed by atoms with E-state index in [1.165, 1.54) is 10.4 Å². The van der Waals surface area contributed by atoms with Crippen LogP contribution in [0.15, 0.2) is 53.5 Å². The lowest BCUT2D eigenvalue weighted by molar-refractivity contribution is -0.141. The Morgan fingerprint density at radius 2 is 1.77 bits per heavy atom. The van der Waals surface area contributed by atoms with E-state index in [4.69, 9.17) is 4.99 Å². The van der Waals surface area contributed by atoms with Crippen molar-refractivity contribution in [3.8, 4) is 5.00 Å². The zero-order chi connectivity index (χ0) is 24.9. The van der Waals surface area contributed by atoms with Crippen molar-refractivity contribution >= 4 is 34.4 Å². The third kappa shape index (κ3) is 3.93. The van der Waals surface area contributed by atoms with Gasteiger partial charge in [-0.15, -0.1) is 21.5 Å². The third-order valence-corrected chi connectivity index (χ3v) is 7.83. The highest BCUT2D eigenvalue weighted by molar-refractivity contribution is 7.15. The van der Waals surface area contributed by atoms with E-state index < -0.39 is 17.9 Å². The van der Waals surface area contributed by atoms with Gasteiger partial charge in [0.25, 0.3) is 0 Å². The Labute approximate surface area is 208 Å². The van der Waals surface area contributed by atoms with Gasteiger partial charge >= 0.3 is 5.97 Å². The number of anilines is 2. The molecule has 1 aliphatic rings. The first-order valence-corrected chi connectivity index (χ1v) is 12.3. The number of aromatic nitrogens is 3. The van der Waals surface area contributed by atoms with Crippen LogP contribution >= 0.6 is 11.3 Å². The molecule has 5 rings (SSSR count). The van der Waals surface area contributed by atoms with Crippen molar-refractivity contribution < 1.29 is 9.90 Å². The Hall–Kier alpha value is -3.78. The third-order valence-electron chi connectivity index (χ3n) is 6.63. The topological polar surface area (TPSA) is 92.4 Å². The van der Waals surface area contributed by atoms with Crippen LogP contribution in [0.4, 0.5) is 11.4 Å². The quantitative estimate of drug-likeness (QED) is 0.366. The number of aryl methyl sites for hydroxylation is 3. The molecule has 7 nitrogen and oxygen atoms in total. The van der Waals surface area contributed by atoms with Gasteiger partial charge in [-0.2, -0.15) is 0 Å². The highest BCUT2D eigenvalue weighted by Gasteiger charge is 2.36. The second kappa shape index (κ2) is 8.78. The summed E-state index contributed by atoms with van der Waals surface area (Å²) in [6, 6.07) is 15.6. The molecule has 8 heteroatoms. The summed E-state index contributed by atoms with van der Waals surface area (Å²) in [6.07, 6.45) is 0. The number of fused-ring (bicyclic) bond motifs is 3. The van der Waals surface area contributed by atoms with E-state index >= 15 is 0 Å². The molecule has 2 aromatic heterocycles. The van der Waals surface area contributed by atoms with Gasteiger partial charge in [0.2, 0.25) is 0 Å². The summed E-state index contributed by atoms with van der Waals surface area (Å²) in [5.41, 5.74) is 7.06. The molecule has 0 amide bonds. The maximum Gasteiger partial charge on any atom is 0.308 e. The number of nitrogens with one attached hydrogen (secondary N) is 1. The van der Waals surface area contributed by atoms with Gasteiger partial charge in [-0.25, -0.2) is 0 Å². The summed E-state index contributed by atoms with van der Waals surface area (Å²) in [6.45, 7) is 9.83. The molecule has 1 aliphatic heterocycles. The van der Waals surface area contributed by atoms with Crippen molar-refractivity contribution in [2.75, 3.05) is 5.32 Å². The number of nitrogens with zero attached hydrogens (tertiary/aromatic N) is 4. The molecule has 4 aromatic rings. The van der Waals surface area contributed by atoms with Crippen molar-refractivity contribution in [1.82, 2.24) is 14.8 Å². The number of carboxylic acids is 1. The molecule has 0 fully saturated rings. The first-order chi connectivity index (χ1) is 16.8. The smallest absolute Gasteiger partial charge is 0.308 e. The van der Waals surface area contributed by atoms with Crippen LogP contribution in [0.5, 0.6) is 0 Å². The number of aliphatic carboxylic acids is 1. The van der Waals surface area contributed by atoms with Gasteiger partial charge in [-0.1, -0.05) is 30.3 Å². The summed E-state index contributed by atoms with van der Waals surface area (Å²) >= 11 is 1.66. The Morgan fingerprint density at radius 3 is 2.46 bits per heavy atom. The molecule has 0 saturated heterocycles. The highest BCUT2D eigenvalue weighted by Crippen LogP contribution is 2.40. The maximum absolute atomic E-state index is 12.0. The second-order valence-electron chi connectivity index (χ2n) is 8.97. The molecule has 0 radical (unpaired) electrons. The number of carbonyl (C=O) groups is 1. The monoisotopic (exact) mass is 485 g/mol. The molecule has 0 saturated carbocycles. The number of thiophene rings is 1. The molecule has 3 heterocycles. The van der Waals surface area contributed by atoms with Crippen molar-refractivity contribution in [2.24, 2.45) is 10.9 Å². The molecular formula is C27H27N5O2S. The van der Waals surface area contributed by atoms with Crippen molar-refractivity contribution in [3.05, 3.63) is 87.3 Å². The zero-order valence-electron chi connectivity index (χ0n) is 20.3. The number of para-hydroxylation sites is 1. The van der Waals surface area contributed by atoms with Gasteiger partial charge in [0.1, 0.15) is 16.9 Å². The van der Waals surface area contributed by atoms with Gasteiger partial charge in [0.05, 0.1) is 11.6 Å². The van der Waals surface area contributed by atoms with E-state index in [2.05, 4.69) is 48.4 Å². The molecule has 0 bridgehead atoms. The van der Waals surface area contributed by atoms with E-state index in [0.717, 1.165) is 44.6 Å². The predicted octanol–water partition coefficient (Wildman–Crippen LogP) is 5.92. The SMILES string of the molecule is Cc1ccccc1Nc1ccc(C2=N[C@@H](C(C)C(=O)O)c3nnc(C)n3-c3sc(C)c(C)c32)cc1. The van der Waals surface area contributed by atoms with E-state index in [-0.39, 0.29) is 0 Å². The van der Waals surface area contributed by atoms with Gasteiger partial charge in [0, 0.05) is 27.4 Å². The zero-order valence-corrected chi connectivity index (χ0v) is 21.1. The summed E-state index contributed by atoms with van der Waals surface area (Å²) in [5.74, 6) is -0.391. The minimum Gasteiger partial charge on any atom is -0.481 e. The minimum atomic E-state index is -0.916. The first-order valence-electron chi connectivity index (χ1n) is 11.5. The van der Waals surface area contributed by atoms with Crippen LogP contribution in [-0.4, -0.2) is 31.6 Å². The van der Waals surface area contributed by atoms with E-state index in [0.29, 0.717) is 5.82 Å². The first kappa shape index (κ1) is 23.0. The second-order valence-corrected chi connectivity index (χ2v) is 10.2. The lowest BCUT2D eigenvalue weighted by atomic mass is 9.98. The summed E-state index contributed by atoms with van der Waals surface area (Å²) in [7, 11) is 0. The fraction of sp³-hybridized carbons (Fsp3) is 0.259. The fourth-order valence-corrected chi connectivity index (χ4v) is 5.61. The van der Waals surface area contributed by atoms with E-state index in [9.17, 15) is 9.90 Å². The van der Waals surface area contributed by atoms with Gasteiger partial charge in [-0.05, 0) is 63.9 Å². The van der Waals surface area contributed by atoms with Gasteiger partial charge < -0.3 is 10.4 Å². The Kier molecular flexibility index (Phi) is 5.76. The molecule has 0 aliphatic carbocycles. The average Bonchev–Trinajstić information content (AvgIpc) is 3.30. The molecule has 2 atom stereocenters. The van der Waals surface area contributed by atoms with Crippen LogP contribution in [-0.2, 0) is 4.79 Å². The predicted molar refractivity (Wildman–Crippen MR) is 140 cm³/mol. The Balaban J connectivity index is 1.64. The lowest BCUT2D eigenvalue weighted by Crippen LogP contribution is -2.21. The fourth-order valence-electron chi connectivity index (χ4n) is 4.40. The van der Waals surface area contributed by atoms with E-state index in [1.54, 1.807) is 18.3 Å². The summed E-state index contributed by atoms with van der Waals surface area (Å²) in [4.78, 5) is 18.3. The molecule has 35 heavy (non-hydrogen) atoms. The largest absolute Gasteiger partial charge is 0.481 e. The number of carboxylic acid groups (broad SMARTS) is 1. The molecule has 0 spiro atoms. The normalized spacial score (nSPS) is 15.6. The van der Waals surface area contributed by atoms with Crippen molar-refractivity contribution in [3.63, 3.8) is 0 Å². The Morgan fingerprint density at radius 1 is 1.06 bits per heavy atom. The van der Waals surface area contributed by atoms with Crippen LogP contribution in [0.3, 0.4) is 0 Å². The highest BCUT2D eigenvalue weighted by atomic mass is 32.1. The van der Waals surface area contributed by atoms with Crippen molar-refractivity contribution in [2.45, 2.75) is 40.7 Å². The maximum atomic E-state index is 12.0. The van der Waals surface area contributed by atoms with Crippen LogP contribution in [0.1, 0.15) is 51.7 Å². The van der Waals surface area contributed by atoms with Gasteiger partial charge in [0.15, 0.2) is 5.82 Å². The van der Waals surface area contributed by atoms with Crippen LogP contribution in [0.2, 0.25) is 0 Å². The molecule has 178 valence electrons. The number of hydrogen-bond donors (Lipinski definition) is 2. The molecule has 1 unspecified atom stereocenters. The minimum absolute atomic E-state index is 0.563. The van der Waals surface area contributed by atoms with Crippen LogP contribution in [0, 0.1) is 33.6 Å². The average molecular weight is 486 g/mol. The number of rotatable bonds is 5. The molecule has 2 aromatic carbocycles. The van der Waals surface area contributed by atoms with E-state index in [1.807, 2.05) is 47.9 Å². The number of aliphatic imine (C=N–C) groups is 1.